The monoisotopic (exact) mass is 279 g/mol. The highest BCUT2D eigenvalue weighted by Gasteiger charge is 2.33. The van der Waals surface area contributed by atoms with E-state index in [1.54, 1.807) is 11.9 Å². The van der Waals surface area contributed by atoms with Crippen molar-refractivity contribution in [3.63, 3.8) is 0 Å². The molecule has 1 aliphatic rings. The lowest BCUT2D eigenvalue weighted by Gasteiger charge is -2.25. The number of ether oxygens (including phenoxy) is 1. The maximum absolute atomic E-state index is 11.5. The molecule has 0 saturated heterocycles. The first kappa shape index (κ1) is 14.2. The second-order valence-electron chi connectivity index (χ2n) is 4.98. The maximum atomic E-state index is 11.5. The van der Waals surface area contributed by atoms with Crippen LogP contribution in [0, 0.1) is 16.0 Å². The minimum atomic E-state index is -0.603. The van der Waals surface area contributed by atoms with E-state index < -0.39 is 10.9 Å². The van der Waals surface area contributed by atoms with Gasteiger partial charge in [-0.15, -0.1) is 0 Å². The summed E-state index contributed by atoms with van der Waals surface area (Å²) in [5.41, 5.74) is -0.0319. The fourth-order valence-corrected chi connectivity index (χ4v) is 2.15. The molecule has 0 aliphatic heterocycles. The number of pyridine rings is 1. The van der Waals surface area contributed by atoms with Crippen LogP contribution in [0.3, 0.4) is 0 Å². The molecule has 0 spiro atoms. The first-order chi connectivity index (χ1) is 9.45. The van der Waals surface area contributed by atoms with Crippen LogP contribution in [0.4, 0.5) is 11.5 Å². The van der Waals surface area contributed by atoms with Gasteiger partial charge in [-0.1, -0.05) is 0 Å². The first-order valence-corrected chi connectivity index (χ1v) is 6.42. The van der Waals surface area contributed by atoms with Crippen LogP contribution >= 0.6 is 0 Å². The van der Waals surface area contributed by atoms with Crippen molar-refractivity contribution in [1.29, 1.82) is 0 Å². The quantitative estimate of drug-likeness (QED) is 0.465. The third-order valence-corrected chi connectivity index (χ3v) is 3.69. The van der Waals surface area contributed by atoms with Crippen molar-refractivity contribution in [2.24, 2.45) is 5.92 Å². The predicted molar refractivity (Wildman–Crippen MR) is 72.8 cm³/mol. The van der Waals surface area contributed by atoms with E-state index in [9.17, 15) is 14.9 Å². The van der Waals surface area contributed by atoms with Crippen molar-refractivity contribution < 1.29 is 14.5 Å². The number of anilines is 1. The van der Waals surface area contributed by atoms with Gasteiger partial charge in [0, 0.05) is 19.2 Å². The highest BCUT2D eigenvalue weighted by molar-refractivity contribution is 5.88. The number of carbonyl (C=O) groups is 1. The van der Waals surface area contributed by atoms with E-state index in [4.69, 9.17) is 0 Å². The molecule has 108 valence electrons. The van der Waals surface area contributed by atoms with Gasteiger partial charge in [-0.05, 0) is 31.7 Å². The fourth-order valence-electron chi connectivity index (χ4n) is 2.15. The van der Waals surface area contributed by atoms with E-state index in [0.717, 1.165) is 12.8 Å². The number of nitro groups is 1. The summed E-state index contributed by atoms with van der Waals surface area (Å²) in [6.07, 6.45) is 2.24. The molecule has 0 amide bonds. The van der Waals surface area contributed by atoms with Crippen molar-refractivity contribution >= 4 is 17.5 Å². The van der Waals surface area contributed by atoms with Crippen LogP contribution in [0.25, 0.3) is 0 Å². The molecule has 7 nitrogen and oxygen atoms in total. The lowest BCUT2D eigenvalue weighted by molar-refractivity contribution is -0.384. The zero-order valence-corrected chi connectivity index (χ0v) is 11.7. The highest BCUT2D eigenvalue weighted by atomic mass is 16.6. The molecule has 1 saturated carbocycles. The molecule has 0 aromatic carbocycles. The number of aromatic nitrogens is 1. The Balaban J connectivity index is 2.40. The second kappa shape index (κ2) is 5.44. The summed E-state index contributed by atoms with van der Waals surface area (Å²) in [5, 5.41) is 11.1. The van der Waals surface area contributed by atoms with E-state index in [1.807, 2.05) is 6.92 Å². The Morgan fingerprint density at radius 3 is 2.70 bits per heavy atom. The molecule has 0 bridgehead atoms. The third kappa shape index (κ3) is 2.71. The lowest BCUT2D eigenvalue weighted by atomic mass is 10.2. The van der Waals surface area contributed by atoms with Gasteiger partial charge < -0.3 is 9.64 Å². The number of rotatable bonds is 5. The standard InChI is InChI=1S/C13H17N3O4/c1-8(9-4-5-9)15(2)12-11(16(18)19)7-6-10(14-12)13(17)20-3/h6-9H,4-5H2,1-3H3. The van der Waals surface area contributed by atoms with Crippen molar-refractivity contribution in [3.05, 3.63) is 27.9 Å². The minimum absolute atomic E-state index is 0.0722. The van der Waals surface area contributed by atoms with E-state index >= 15 is 0 Å². The molecule has 1 aliphatic carbocycles. The van der Waals surface area contributed by atoms with Gasteiger partial charge in [0.2, 0.25) is 5.82 Å². The van der Waals surface area contributed by atoms with Gasteiger partial charge in [0.15, 0.2) is 5.69 Å². The Bertz CT molecular complexity index is 542. The summed E-state index contributed by atoms with van der Waals surface area (Å²) >= 11 is 0. The normalized spacial score (nSPS) is 15.6. The zero-order valence-electron chi connectivity index (χ0n) is 11.7. The van der Waals surface area contributed by atoms with Gasteiger partial charge in [0.1, 0.15) is 0 Å². The van der Waals surface area contributed by atoms with Gasteiger partial charge in [-0.2, -0.15) is 0 Å². The molecule has 1 aromatic rings. The molecular weight excluding hydrogens is 262 g/mol. The summed E-state index contributed by atoms with van der Waals surface area (Å²) in [4.78, 5) is 28.0. The van der Waals surface area contributed by atoms with Crippen LogP contribution in [-0.4, -0.2) is 36.1 Å². The number of esters is 1. The van der Waals surface area contributed by atoms with E-state index in [2.05, 4.69) is 9.72 Å². The van der Waals surface area contributed by atoms with Gasteiger partial charge >= 0.3 is 11.7 Å². The van der Waals surface area contributed by atoms with E-state index in [-0.39, 0.29) is 23.2 Å². The molecule has 1 aromatic heterocycles. The molecule has 0 radical (unpaired) electrons. The minimum Gasteiger partial charge on any atom is -0.464 e. The Morgan fingerprint density at radius 1 is 1.55 bits per heavy atom. The van der Waals surface area contributed by atoms with Crippen LogP contribution in [-0.2, 0) is 4.74 Å². The molecule has 0 N–H and O–H groups in total. The van der Waals surface area contributed by atoms with Crippen molar-refractivity contribution in [1.82, 2.24) is 4.98 Å². The average molecular weight is 279 g/mol. The number of methoxy groups -OCH3 is 1. The molecule has 1 fully saturated rings. The SMILES string of the molecule is COC(=O)c1ccc([N+](=O)[O-])c(N(C)C(C)C2CC2)n1. The summed E-state index contributed by atoms with van der Waals surface area (Å²) in [6.45, 7) is 2.01. The van der Waals surface area contributed by atoms with Gasteiger partial charge in [-0.3, -0.25) is 10.1 Å². The van der Waals surface area contributed by atoms with Crippen LogP contribution in [0.15, 0.2) is 12.1 Å². The topological polar surface area (TPSA) is 85.6 Å². The molecule has 2 rings (SSSR count). The third-order valence-electron chi connectivity index (χ3n) is 3.69. The highest BCUT2D eigenvalue weighted by Crippen LogP contribution is 2.37. The number of nitrogens with zero attached hydrogens (tertiary/aromatic N) is 3. The molecular formula is C13H17N3O4. The second-order valence-corrected chi connectivity index (χ2v) is 4.98. The Morgan fingerprint density at radius 2 is 2.20 bits per heavy atom. The molecule has 1 heterocycles. The van der Waals surface area contributed by atoms with Crippen molar-refractivity contribution in [3.8, 4) is 0 Å². The van der Waals surface area contributed by atoms with Gasteiger partial charge in [-0.25, -0.2) is 9.78 Å². The lowest BCUT2D eigenvalue weighted by Crippen LogP contribution is -2.32. The molecule has 1 unspecified atom stereocenters. The fraction of sp³-hybridized carbons (Fsp3) is 0.538. The first-order valence-electron chi connectivity index (χ1n) is 6.42. The van der Waals surface area contributed by atoms with Gasteiger partial charge in [0.05, 0.1) is 12.0 Å². The van der Waals surface area contributed by atoms with Gasteiger partial charge in [0.25, 0.3) is 0 Å². The largest absolute Gasteiger partial charge is 0.464 e. The maximum Gasteiger partial charge on any atom is 0.356 e. The average Bonchev–Trinajstić information content (AvgIpc) is 3.28. The van der Waals surface area contributed by atoms with Crippen molar-refractivity contribution in [2.45, 2.75) is 25.8 Å². The summed E-state index contributed by atoms with van der Waals surface area (Å²) < 4.78 is 4.60. The number of hydrogen-bond donors (Lipinski definition) is 0. The number of carbonyl (C=O) groups excluding carboxylic acids is 1. The Labute approximate surface area is 116 Å². The zero-order chi connectivity index (χ0) is 14.9. The summed E-state index contributed by atoms with van der Waals surface area (Å²) in [7, 11) is 3.01. The molecule has 1 atom stereocenters. The van der Waals surface area contributed by atoms with E-state index in [1.165, 1.54) is 19.2 Å². The summed E-state index contributed by atoms with van der Waals surface area (Å²) in [6, 6.07) is 2.75. The Hall–Kier alpha value is -2.18. The van der Waals surface area contributed by atoms with Crippen molar-refractivity contribution in [2.75, 3.05) is 19.1 Å². The van der Waals surface area contributed by atoms with Crippen LogP contribution in [0.5, 0.6) is 0 Å². The van der Waals surface area contributed by atoms with Crippen LogP contribution < -0.4 is 4.90 Å². The number of hydrogen-bond acceptors (Lipinski definition) is 6. The predicted octanol–water partition coefficient (Wildman–Crippen LogP) is 2.01. The Kier molecular flexibility index (Phi) is 3.87. The van der Waals surface area contributed by atoms with Crippen LogP contribution in [0.2, 0.25) is 0 Å². The summed E-state index contributed by atoms with van der Waals surface area (Å²) in [5.74, 6) is 0.133. The van der Waals surface area contributed by atoms with Crippen LogP contribution in [0.1, 0.15) is 30.3 Å². The molecule has 20 heavy (non-hydrogen) atoms. The van der Waals surface area contributed by atoms with E-state index in [0.29, 0.717) is 5.92 Å². The smallest absolute Gasteiger partial charge is 0.356 e. The molecule has 7 heteroatoms.